The molecule has 0 radical (unpaired) electrons. The van der Waals surface area contributed by atoms with Gasteiger partial charge in [-0.05, 0) is 30.8 Å². The van der Waals surface area contributed by atoms with E-state index in [-0.39, 0.29) is 11.8 Å². The second-order valence-corrected chi connectivity index (χ2v) is 7.72. The molecule has 2 atom stereocenters. The fourth-order valence-electron chi connectivity index (χ4n) is 4.74. The van der Waals surface area contributed by atoms with Crippen molar-refractivity contribution in [1.82, 2.24) is 19.8 Å². The van der Waals surface area contributed by atoms with E-state index >= 15 is 0 Å². The van der Waals surface area contributed by atoms with E-state index in [9.17, 15) is 9.59 Å². The number of benzene rings is 1. The molecule has 0 saturated carbocycles. The van der Waals surface area contributed by atoms with Crippen molar-refractivity contribution >= 4 is 28.5 Å². The van der Waals surface area contributed by atoms with Gasteiger partial charge in [0.2, 0.25) is 0 Å². The smallest absolute Gasteiger partial charge is 0.329 e. The van der Waals surface area contributed by atoms with Crippen molar-refractivity contribution in [2.75, 3.05) is 25.0 Å². The molecule has 7 heteroatoms. The number of aryl methyl sites for hydroxylation is 1. The number of carbonyl (C=O) groups excluding carboxylic acids is 2. The topological polar surface area (TPSA) is 70.5 Å². The molecule has 7 nitrogen and oxygen atoms in total. The minimum Gasteiger partial charge on any atom is -0.350 e. The van der Waals surface area contributed by atoms with E-state index in [2.05, 4.69) is 38.1 Å². The van der Waals surface area contributed by atoms with Crippen LogP contribution in [0, 0.1) is 0 Å². The average Bonchev–Trinajstić information content (AvgIpc) is 3.28. The standard InChI is InChI=1S/C21H21N5O2/c1-24-12-17(16-11-25(2)18-8-4-3-7-15(16)18)21(13-24)19(27)26(20(28)23-21)14-6-5-9-22-10-14/h3-11,17H,12-13H2,1-2H3,(H,23,28)/t17-,21-/m0/s1. The number of amides is 3. The van der Waals surface area contributed by atoms with Crippen molar-refractivity contribution in [3.8, 4) is 0 Å². The second-order valence-electron chi connectivity index (χ2n) is 7.72. The maximum atomic E-state index is 13.6. The van der Waals surface area contributed by atoms with Crippen LogP contribution in [0.25, 0.3) is 10.9 Å². The predicted molar refractivity (Wildman–Crippen MR) is 106 cm³/mol. The molecular formula is C21H21N5O2. The Labute approximate surface area is 162 Å². The average molecular weight is 375 g/mol. The van der Waals surface area contributed by atoms with Crippen molar-refractivity contribution in [2.45, 2.75) is 11.5 Å². The minimum atomic E-state index is -0.980. The molecular weight excluding hydrogens is 354 g/mol. The summed E-state index contributed by atoms with van der Waals surface area (Å²) in [6.45, 7) is 1.17. The van der Waals surface area contributed by atoms with E-state index < -0.39 is 11.6 Å². The van der Waals surface area contributed by atoms with Crippen molar-refractivity contribution < 1.29 is 9.59 Å². The summed E-state index contributed by atoms with van der Waals surface area (Å²) < 4.78 is 2.08. The summed E-state index contributed by atoms with van der Waals surface area (Å²) in [6.07, 6.45) is 5.25. The molecule has 2 saturated heterocycles. The zero-order valence-corrected chi connectivity index (χ0v) is 15.8. The quantitative estimate of drug-likeness (QED) is 0.697. The van der Waals surface area contributed by atoms with E-state index in [0.29, 0.717) is 18.8 Å². The lowest BCUT2D eigenvalue weighted by atomic mass is 9.81. The fourth-order valence-corrected chi connectivity index (χ4v) is 4.74. The number of nitrogens with zero attached hydrogens (tertiary/aromatic N) is 4. The Balaban J connectivity index is 1.64. The molecule has 0 unspecified atom stereocenters. The Morgan fingerprint density at radius 1 is 1.14 bits per heavy atom. The SMILES string of the molecule is CN1C[C@@H](c2cn(C)c3ccccc23)[C@]2(C1)NC(=O)N(c1cccnc1)C2=O. The zero-order valence-electron chi connectivity index (χ0n) is 15.8. The van der Waals surface area contributed by atoms with Gasteiger partial charge in [0.1, 0.15) is 5.54 Å². The number of rotatable bonds is 2. The Morgan fingerprint density at radius 3 is 2.75 bits per heavy atom. The number of anilines is 1. The highest BCUT2D eigenvalue weighted by atomic mass is 16.2. The van der Waals surface area contributed by atoms with E-state index in [1.807, 2.05) is 26.2 Å². The molecule has 1 N–H and O–H groups in total. The van der Waals surface area contributed by atoms with Crippen LogP contribution in [0.4, 0.5) is 10.5 Å². The van der Waals surface area contributed by atoms with Gasteiger partial charge in [-0.3, -0.25) is 9.78 Å². The number of carbonyl (C=O) groups is 2. The number of para-hydroxylation sites is 1. The number of pyridine rings is 1. The van der Waals surface area contributed by atoms with E-state index in [1.165, 1.54) is 4.90 Å². The second kappa shape index (κ2) is 5.90. The predicted octanol–water partition coefficient (Wildman–Crippen LogP) is 2.10. The summed E-state index contributed by atoms with van der Waals surface area (Å²) in [5.74, 6) is -0.352. The maximum Gasteiger partial charge on any atom is 0.329 e. The first kappa shape index (κ1) is 16.9. The molecule has 2 aromatic heterocycles. The zero-order chi connectivity index (χ0) is 19.5. The third-order valence-electron chi connectivity index (χ3n) is 5.93. The monoisotopic (exact) mass is 375 g/mol. The number of hydrogen-bond acceptors (Lipinski definition) is 4. The van der Waals surface area contributed by atoms with E-state index in [1.54, 1.807) is 24.5 Å². The van der Waals surface area contributed by atoms with Gasteiger partial charge in [-0.15, -0.1) is 0 Å². The number of likely N-dealkylation sites (N-methyl/N-ethyl adjacent to an activating group) is 1. The van der Waals surface area contributed by atoms with Crippen molar-refractivity contribution in [3.05, 3.63) is 60.6 Å². The van der Waals surface area contributed by atoms with Gasteiger partial charge < -0.3 is 14.8 Å². The Morgan fingerprint density at radius 2 is 1.96 bits per heavy atom. The fraction of sp³-hybridized carbons (Fsp3) is 0.286. The molecule has 3 aromatic rings. The summed E-state index contributed by atoms with van der Waals surface area (Å²) in [4.78, 5) is 33.8. The lowest BCUT2D eigenvalue weighted by Gasteiger charge is -2.27. The Bertz CT molecular complexity index is 1090. The van der Waals surface area contributed by atoms with Gasteiger partial charge in [-0.1, -0.05) is 18.2 Å². The molecule has 0 bridgehead atoms. The molecule has 2 fully saturated rings. The summed E-state index contributed by atoms with van der Waals surface area (Å²) >= 11 is 0. The minimum absolute atomic E-state index is 0.137. The molecule has 2 aliphatic rings. The first-order valence-corrected chi connectivity index (χ1v) is 9.30. The van der Waals surface area contributed by atoms with Gasteiger partial charge in [0.15, 0.2) is 0 Å². The molecule has 0 aliphatic carbocycles. The van der Waals surface area contributed by atoms with Crippen LogP contribution in [0.2, 0.25) is 0 Å². The van der Waals surface area contributed by atoms with Crippen molar-refractivity contribution in [3.63, 3.8) is 0 Å². The summed E-state index contributed by atoms with van der Waals surface area (Å²) in [6, 6.07) is 11.2. The van der Waals surface area contributed by atoms with Crippen LogP contribution in [0.15, 0.2) is 55.0 Å². The number of urea groups is 1. The summed E-state index contributed by atoms with van der Waals surface area (Å²) in [5, 5.41) is 4.16. The highest BCUT2D eigenvalue weighted by Gasteiger charge is 2.60. The molecule has 4 heterocycles. The third-order valence-corrected chi connectivity index (χ3v) is 5.93. The summed E-state index contributed by atoms with van der Waals surface area (Å²) in [5.41, 5.74) is 1.71. The van der Waals surface area contributed by atoms with Gasteiger partial charge in [-0.2, -0.15) is 0 Å². The first-order valence-electron chi connectivity index (χ1n) is 9.30. The van der Waals surface area contributed by atoms with Crippen LogP contribution in [0.5, 0.6) is 0 Å². The molecule has 28 heavy (non-hydrogen) atoms. The van der Waals surface area contributed by atoms with Crippen LogP contribution in [0.3, 0.4) is 0 Å². The third kappa shape index (κ3) is 2.23. The number of imide groups is 1. The van der Waals surface area contributed by atoms with Gasteiger partial charge in [-0.25, -0.2) is 9.69 Å². The number of fused-ring (bicyclic) bond motifs is 1. The van der Waals surface area contributed by atoms with Crippen LogP contribution in [0.1, 0.15) is 11.5 Å². The van der Waals surface area contributed by atoms with Crippen molar-refractivity contribution in [1.29, 1.82) is 0 Å². The van der Waals surface area contributed by atoms with Gasteiger partial charge >= 0.3 is 6.03 Å². The molecule has 3 amide bonds. The van der Waals surface area contributed by atoms with Gasteiger partial charge in [0.25, 0.3) is 5.91 Å². The number of likely N-dealkylation sites (tertiary alicyclic amines) is 1. The van der Waals surface area contributed by atoms with Gasteiger partial charge in [0, 0.05) is 49.4 Å². The largest absolute Gasteiger partial charge is 0.350 e. The van der Waals surface area contributed by atoms with Crippen molar-refractivity contribution in [2.24, 2.45) is 7.05 Å². The van der Waals surface area contributed by atoms with E-state index in [0.717, 1.165) is 16.5 Å². The molecule has 2 aliphatic heterocycles. The first-order chi connectivity index (χ1) is 13.5. The maximum absolute atomic E-state index is 13.6. The van der Waals surface area contributed by atoms with Crippen LogP contribution in [-0.2, 0) is 11.8 Å². The lowest BCUT2D eigenvalue weighted by Crippen LogP contribution is -2.52. The van der Waals surface area contributed by atoms with Gasteiger partial charge in [0.05, 0.1) is 11.9 Å². The molecule has 1 spiro atoms. The number of nitrogens with one attached hydrogen (secondary N) is 1. The molecule has 1 aromatic carbocycles. The molecule has 142 valence electrons. The molecule has 5 rings (SSSR count). The van der Waals surface area contributed by atoms with Crippen LogP contribution in [-0.4, -0.2) is 52.1 Å². The highest BCUT2D eigenvalue weighted by molar-refractivity contribution is 6.24. The van der Waals surface area contributed by atoms with Crippen LogP contribution < -0.4 is 10.2 Å². The van der Waals surface area contributed by atoms with Crippen LogP contribution >= 0.6 is 0 Å². The summed E-state index contributed by atoms with van der Waals surface area (Å²) in [7, 11) is 3.99. The Kier molecular flexibility index (Phi) is 3.57. The Hall–Kier alpha value is -3.19. The normalized spacial score (nSPS) is 25.2. The number of hydrogen-bond donors (Lipinski definition) is 1. The number of aromatic nitrogens is 2. The van der Waals surface area contributed by atoms with E-state index in [4.69, 9.17) is 0 Å². The highest BCUT2D eigenvalue weighted by Crippen LogP contribution is 2.43. The lowest BCUT2D eigenvalue weighted by molar-refractivity contribution is -0.122.